The summed E-state index contributed by atoms with van der Waals surface area (Å²) in [5.41, 5.74) is 3.56. The summed E-state index contributed by atoms with van der Waals surface area (Å²) in [7, 11) is 0. The summed E-state index contributed by atoms with van der Waals surface area (Å²) >= 11 is 0. The second-order valence-electron chi connectivity index (χ2n) is 7.63. The van der Waals surface area contributed by atoms with E-state index in [1.54, 1.807) is 0 Å². The number of β-amino-alcohol motifs (C(OH)–C–C–N with tert-alkyl or cyclic N) is 1. The summed E-state index contributed by atoms with van der Waals surface area (Å²) in [6, 6.07) is 10.5. The number of nitrogens with zero attached hydrogens (tertiary/aromatic N) is 4. The first-order chi connectivity index (χ1) is 13.6. The average molecular weight is 381 g/mol. The van der Waals surface area contributed by atoms with Crippen LogP contribution in [-0.4, -0.2) is 58.8 Å². The van der Waals surface area contributed by atoms with E-state index in [4.69, 9.17) is 4.98 Å². The molecule has 1 N–H and O–H groups in total. The van der Waals surface area contributed by atoms with Crippen molar-refractivity contribution in [1.82, 2.24) is 14.9 Å². The molecule has 1 aromatic carbocycles. The molecular formula is C23H32N4O. The highest BCUT2D eigenvalue weighted by Crippen LogP contribution is 2.25. The number of aromatic nitrogens is 2. The molecule has 1 aliphatic rings. The van der Waals surface area contributed by atoms with Crippen LogP contribution >= 0.6 is 0 Å². The van der Waals surface area contributed by atoms with E-state index in [2.05, 4.69) is 52.6 Å². The summed E-state index contributed by atoms with van der Waals surface area (Å²) in [4.78, 5) is 14.2. The number of rotatable bonds is 8. The predicted octanol–water partition coefficient (Wildman–Crippen LogP) is 3.13. The van der Waals surface area contributed by atoms with E-state index in [1.165, 1.54) is 11.1 Å². The molecular weight excluding hydrogens is 348 g/mol. The molecule has 0 radical (unpaired) electrons. The maximum absolute atomic E-state index is 10.2. The fourth-order valence-corrected chi connectivity index (χ4v) is 3.83. The summed E-state index contributed by atoms with van der Waals surface area (Å²) in [5.74, 6) is 1.90. The van der Waals surface area contributed by atoms with Crippen molar-refractivity contribution in [3.8, 4) is 0 Å². The number of aliphatic hydroxyl groups excluding tert-OH is 1. The minimum Gasteiger partial charge on any atom is -0.392 e. The van der Waals surface area contributed by atoms with Crippen LogP contribution in [-0.2, 0) is 6.42 Å². The van der Waals surface area contributed by atoms with Crippen LogP contribution in [0.25, 0.3) is 0 Å². The fourth-order valence-electron chi connectivity index (χ4n) is 3.83. The Morgan fingerprint density at radius 3 is 2.50 bits per heavy atom. The number of hydrogen-bond donors (Lipinski definition) is 1. The smallest absolute Gasteiger partial charge is 0.136 e. The van der Waals surface area contributed by atoms with Crippen molar-refractivity contribution in [3.63, 3.8) is 0 Å². The van der Waals surface area contributed by atoms with E-state index in [1.807, 2.05) is 19.1 Å². The molecule has 2 heterocycles. The van der Waals surface area contributed by atoms with Crippen LogP contribution in [0.2, 0.25) is 0 Å². The Morgan fingerprint density at radius 2 is 1.82 bits per heavy atom. The molecule has 1 unspecified atom stereocenters. The molecule has 3 rings (SSSR count). The van der Waals surface area contributed by atoms with E-state index in [0.29, 0.717) is 0 Å². The molecule has 0 saturated carbocycles. The van der Waals surface area contributed by atoms with Gasteiger partial charge in [0.1, 0.15) is 11.6 Å². The number of benzene rings is 1. The topological polar surface area (TPSA) is 52.5 Å². The Kier molecular flexibility index (Phi) is 7.18. The highest BCUT2D eigenvalue weighted by Gasteiger charge is 2.23. The normalized spacial score (nSPS) is 16.2. The second-order valence-corrected chi connectivity index (χ2v) is 7.63. The van der Waals surface area contributed by atoms with Crippen LogP contribution in [0, 0.1) is 13.8 Å². The van der Waals surface area contributed by atoms with Gasteiger partial charge < -0.3 is 10.0 Å². The van der Waals surface area contributed by atoms with E-state index in [-0.39, 0.29) is 6.10 Å². The van der Waals surface area contributed by atoms with Gasteiger partial charge in [-0.3, -0.25) is 4.90 Å². The highest BCUT2D eigenvalue weighted by molar-refractivity contribution is 5.51. The molecule has 1 saturated heterocycles. The lowest BCUT2D eigenvalue weighted by Gasteiger charge is -2.37. The lowest BCUT2D eigenvalue weighted by atomic mass is 10.0. The standard InChI is InChI=1S/C23H32N4O/c1-4-5-11-21(28)17-26-12-14-27(15-13-26)23-22(18(2)24-19(3)25-23)16-20-9-7-6-8-10-20/h4,6-10,21,28H,1,5,11-17H2,2-3H3. The van der Waals surface area contributed by atoms with Crippen LogP contribution in [0.3, 0.4) is 0 Å². The molecule has 0 spiro atoms. The van der Waals surface area contributed by atoms with Crippen LogP contribution in [0.15, 0.2) is 43.0 Å². The van der Waals surface area contributed by atoms with Gasteiger partial charge in [0.2, 0.25) is 0 Å². The lowest BCUT2D eigenvalue weighted by molar-refractivity contribution is 0.103. The highest BCUT2D eigenvalue weighted by atomic mass is 16.3. The van der Waals surface area contributed by atoms with Gasteiger partial charge in [-0.05, 0) is 32.3 Å². The number of piperazine rings is 1. The Bertz CT molecular complexity index is 770. The summed E-state index contributed by atoms with van der Waals surface area (Å²) in [6.45, 7) is 12.3. The SMILES string of the molecule is C=CCCC(O)CN1CCN(c2nc(C)nc(C)c2Cc2ccccc2)CC1. The van der Waals surface area contributed by atoms with Crippen LogP contribution in [0.1, 0.15) is 35.5 Å². The molecule has 1 aromatic heterocycles. The minimum atomic E-state index is -0.276. The number of hydrogen-bond acceptors (Lipinski definition) is 5. The third-order valence-electron chi connectivity index (χ3n) is 5.37. The van der Waals surface area contributed by atoms with Gasteiger partial charge in [0, 0.05) is 50.4 Å². The quantitative estimate of drug-likeness (QED) is 0.713. The van der Waals surface area contributed by atoms with E-state index < -0.39 is 0 Å². The van der Waals surface area contributed by atoms with Crippen LogP contribution in [0.4, 0.5) is 5.82 Å². The fraction of sp³-hybridized carbons (Fsp3) is 0.478. The van der Waals surface area contributed by atoms with Gasteiger partial charge in [-0.2, -0.15) is 0 Å². The molecule has 0 amide bonds. The number of aryl methyl sites for hydroxylation is 2. The summed E-state index contributed by atoms with van der Waals surface area (Å²) in [6.07, 6.45) is 4.10. The number of allylic oxidation sites excluding steroid dienone is 1. The predicted molar refractivity (Wildman–Crippen MR) is 115 cm³/mol. The molecule has 0 aliphatic carbocycles. The Labute approximate surface area is 168 Å². The third-order valence-corrected chi connectivity index (χ3v) is 5.37. The van der Waals surface area contributed by atoms with Gasteiger partial charge in [0.05, 0.1) is 6.10 Å². The molecule has 1 fully saturated rings. The van der Waals surface area contributed by atoms with Gasteiger partial charge in [-0.15, -0.1) is 6.58 Å². The zero-order valence-electron chi connectivity index (χ0n) is 17.1. The largest absolute Gasteiger partial charge is 0.392 e. The molecule has 5 heteroatoms. The van der Waals surface area contributed by atoms with Gasteiger partial charge in [-0.1, -0.05) is 36.4 Å². The van der Waals surface area contributed by atoms with Crippen LogP contribution < -0.4 is 4.90 Å². The Morgan fingerprint density at radius 1 is 1.11 bits per heavy atom. The van der Waals surface area contributed by atoms with E-state index in [9.17, 15) is 5.11 Å². The van der Waals surface area contributed by atoms with E-state index >= 15 is 0 Å². The molecule has 1 atom stereocenters. The monoisotopic (exact) mass is 380 g/mol. The van der Waals surface area contributed by atoms with Gasteiger partial charge in [0.25, 0.3) is 0 Å². The van der Waals surface area contributed by atoms with Gasteiger partial charge >= 0.3 is 0 Å². The van der Waals surface area contributed by atoms with Crippen molar-refractivity contribution in [3.05, 3.63) is 65.6 Å². The van der Waals surface area contributed by atoms with Crippen molar-refractivity contribution < 1.29 is 5.11 Å². The Balaban J connectivity index is 1.69. The minimum absolute atomic E-state index is 0.276. The molecule has 28 heavy (non-hydrogen) atoms. The molecule has 1 aliphatic heterocycles. The molecule has 0 bridgehead atoms. The number of anilines is 1. The second kappa shape index (κ2) is 9.80. The van der Waals surface area contributed by atoms with Crippen molar-refractivity contribution in [1.29, 1.82) is 0 Å². The lowest BCUT2D eigenvalue weighted by Crippen LogP contribution is -2.49. The van der Waals surface area contributed by atoms with Crippen molar-refractivity contribution in [2.45, 2.75) is 39.2 Å². The summed E-state index contributed by atoms with van der Waals surface area (Å²) in [5, 5.41) is 10.2. The average Bonchev–Trinajstić information content (AvgIpc) is 2.70. The maximum atomic E-state index is 10.2. The van der Waals surface area contributed by atoms with Crippen molar-refractivity contribution in [2.24, 2.45) is 0 Å². The molecule has 2 aromatic rings. The Hall–Kier alpha value is -2.24. The third kappa shape index (κ3) is 5.40. The van der Waals surface area contributed by atoms with Crippen molar-refractivity contribution in [2.75, 3.05) is 37.6 Å². The molecule has 5 nitrogen and oxygen atoms in total. The van der Waals surface area contributed by atoms with Crippen LogP contribution in [0.5, 0.6) is 0 Å². The number of aliphatic hydroxyl groups is 1. The zero-order valence-corrected chi connectivity index (χ0v) is 17.1. The van der Waals surface area contributed by atoms with E-state index in [0.717, 1.165) is 69.3 Å². The van der Waals surface area contributed by atoms with Crippen molar-refractivity contribution >= 4 is 5.82 Å². The van der Waals surface area contributed by atoms with Gasteiger partial charge in [-0.25, -0.2) is 9.97 Å². The first-order valence-corrected chi connectivity index (χ1v) is 10.2. The summed E-state index contributed by atoms with van der Waals surface area (Å²) < 4.78 is 0. The first kappa shape index (κ1) is 20.5. The van der Waals surface area contributed by atoms with Gasteiger partial charge in [0.15, 0.2) is 0 Å². The molecule has 150 valence electrons. The zero-order chi connectivity index (χ0) is 19.9. The maximum Gasteiger partial charge on any atom is 0.136 e. The first-order valence-electron chi connectivity index (χ1n) is 10.2.